The molecule has 0 saturated heterocycles. The first-order valence-electron chi connectivity index (χ1n) is 13.0. The van der Waals surface area contributed by atoms with Crippen LogP contribution in [0.1, 0.15) is 48.8 Å². The second kappa shape index (κ2) is 10.1. The number of aromatic nitrogens is 5. The molecule has 0 radical (unpaired) electrons. The van der Waals surface area contributed by atoms with Gasteiger partial charge in [0, 0.05) is 45.7 Å². The monoisotopic (exact) mass is 522 g/mol. The number of rotatable bonds is 7. The van der Waals surface area contributed by atoms with Gasteiger partial charge in [0.1, 0.15) is 0 Å². The molecule has 1 aliphatic carbocycles. The van der Waals surface area contributed by atoms with Crippen molar-refractivity contribution >= 4 is 44.6 Å². The van der Waals surface area contributed by atoms with Crippen LogP contribution in [-0.2, 0) is 0 Å². The number of aromatic amines is 2. The normalized spacial score (nSPS) is 16.0. The van der Waals surface area contributed by atoms with Gasteiger partial charge in [-0.1, -0.05) is 31.6 Å². The summed E-state index contributed by atoms with van der Waals surface area (Å²) >= 11 is 1.49. The van der Waals surface area contributed by atoms with Gasteiger partial charge in [0.2, 0.25) is 0 Å². The molecule has 0 spiro atoms. The standard InChI is InChI=1S/C30H30N6OS/c1-4-31-13-19-6-5-17(2)9-20(10-19)21-11-23-29(35-36-30(23)33-14-21)25-12-22-24(15-32-16-26(22)34-25)28-8-7-27(38-28)18(3)37/h7-12,14-17,31,34H,4-6,13H2,1-3H3,(H,33,35,36). The Morgan fingerprint density at radius 3 is 2.89 bits per heavy atom. The SMILES string of the molecule is CCNCC1=CC(c2cnc3n[nH]c(-c4cc5c(-c6ccc(C(C)=O)s6)cncc5[nH]4)c3c2)=CC(C)CC1. The molecule has 1 atom stereocenters. The molecule has 38 heavy (non-hydrogen) atoms. The number of ketones is 1. The molecule has 0 aromatic carbocycles. The van der Waals surface area contributed by atoms with Crippen molar-refractivity contribution in [1.29, 1.82) is 0 Å². The van der Waals surface area contributed by atoms with E-state index in [1.807, 2.05) is 30.7 Å². The number of fused-ring (bicyclic) bond motifs is 2. The molecule has 8 heteroatoms. The zero-order valence-corrected chi connectivity index (χ0v) is 22.6. The molecule has 0 aliphatic heterocycles. The van der Waals surface area contributed by atoms with Crippen molar-refractivity contribution in [3.8, 4) is 21.8 Å². The number of Topliss-reactive ketones (excluding diaryl/α,β-unsaturated/α-hetero) is 1. The predicted molar refractivity (Wildman–Crippen MR) is 155 cm³/mol. The molecule has 7 nitrogen and oxygen atoms in total. The number of likely N-dealkylation sites (N-methyl/N-ethyl adjacent to an activating group) is 1. The first-order valence-corrected chi connectivity index (χ1v) is 13.9. The number of hydrogen-bond acceptors (Lipinski definition) is 6. The van der Waals surface area contributed by atoms with E-state index in [4.69, 9.17) is 4.98 Å². The van der Waals surface area contributed by atoms with Crippen molar-refractivity contribution in [1.82, 2.24) is 30.5 Å². The predicted octanol–water partition coefficient (Wildman–Crippen LogP) is 6.78. The Balaban J connectivity index is 1.42. The third-order valence-electron chi connectivity index (χ3n) is 7.12. The van der Waals surface area contributed by atoms with E-state index in [0.29, 0.717) is 11.6 Å². The van der Waals surface area contributed by atoms with Crippen molar-refractivity contribution in [3.63, 3.8) is 0 Å². The average molecular weight is 523 g/mol. The summed E-state index contributed by atoms with van der Waals surface area (Å²) in [7, 11) is 0. The number of carbonyl (C=O) groups excluding carboxylic acids is 1. The van der Waals surface area contributed by atoms with Crippen LogP contribution in [0.4, 0.5) is 0 Å². The lowest BCUT2D eigenvalue weighted by atomic mass is 10.0. The van der Waals surface area contributed by atoms with E-state index in [1.165, 1.54) is 22.5 Å². The quantitative estimate of drug-likeness (QED) is 0.205. The van der Waals surface area contributed by atoms with Crippen LogP contribution in [-0.4, -0.2) is 44.0 Å². The molecule has 5 heterocycles. The maximum Gasteiger partial charge on any atom is 0.181 e. The zero-order valence-electron chi connectivity index (χ0n) is 21.8. The Morgan fingerprint density at radius 1 is 1.18 bits per heavy atom. The fraction of sp³-hybridized carbons (Fsp3) is 0.267. The number of carbonyl (C=O) groups is 1. The van der Waals surface area contributed by atoms with Gasteiger partial charge in [-0.15, -0.1) is 11.3 Å². The Labute approximate surface area is 225 Å². The third-order valence-corrected chi connectivity index (χ3v) is 8.34. The molecule has 0 saturated carbocycles. The van der Waals surface area contributed by atoms with Gasteiger partial charge in [-0.05, 0) is 62.1 Å². The molecule has 192 valence electrons. The Morgan fingerprint density at radius 2 is 2.08 bits per heavy atom. The lowest BCUT2D eigenvalue weighted by Gasteiger charge is -2.07. The van der Waals surface area contributed by atoms with Crippen LogP contribution in [0.2, 0.25) is 0 Å². The highest BCUT2D eigenvalue weighted by atomic mass is 32.1. The van der Waals surface area contributed by atoms with Crippen molar-refractivity contribution < 1.29 is 4.79 Å². The van der Waals surface area contributed by atoms with Gasteiger partial charge in [0.05, 0.1) is 28.0 Å². The molecule has 0 bridgehead atoms. The second-order valence-electron chi connectivity index (χ2n) is 9.97. The topological polar surface area (TPSA) is 99.3 Å². The highest BCUT2D eigenvalue weighted by Gasteiger charge is 2.17. The average Bonchev–Trinajstić information content (AvgIpc) is 3.64. The zero-order chi connectivity index (χ0) is 26.2. The number of H-pyrrole nitrogens is 2. The number of nitrogens with zero attached hydrogens (tertiary/aromatic N) is 3. The molecular formula is C30H30N6OS. The highest BCUT2D eigenvalue weighted by Crippen LogP contribution is 2.37. The van der Waals surface area contributed by atoms with Crippen LogP contribution in [0.3, 0.4) is 0 Å². The molecule has 0 fully saturated rings. The van der Waals surface area contributed by atoms with Gasteiger partial charge in [-0.3, -0.25) is 14.9 Å². The summed E-state index contributed by atoms with van der Waals surface area (Å²) in [5.74, 6) is 0.574. The van der Waals surface area contributed by atoms with Crippen molar-refractivity contribution in [3.05, 3.63) is 71.0 Å². The Bertz CT molecular complexity index is 1720. The number of thiophene rings is 1. The van der Waals surface area contributed by atoms with E-state index in [0.717, 1.165) is 74.5 Å². The Kier molecular flexibility index (Phi) is 6.51. The first-order chi connectivity index (χ1) is 18.5. The smallest absolute Gasteiger partial charge is 0.181 e. The Hall–Kier alpha value is -3.88. The fourth-order valence-electron chi connectivity index (χ4n) is 5.06. The van der Waals surface area contributed by atoms with Crippen LogP contribution in [0.25, 0.3) is 49.3 Å². The minimum absolute atomic E-state index is 0.0742. The fourth-order valence-corrected chi connectivity index (χ4v) is 5.99. The van der Waals surface area contributed by atoms with Gasteiger partial charge in [-0.2, -0.15) is 5.10 Å². The van der Waals surface area contributed by atoms with Gasteiger partial charge >= 0.3 is 0 Å². The molecular weight excluding hydrogens is 492 g/mol. The van der Waals surface area contributed by atoms with Crippen LogP contribution >= 0.6 is 11.3 Å². The number of nitrogens with one attached hydrogen (secondary N) is 3. The van der Waals surface area contributed by atoms with Crippen molar-refractivity contribution in [2.75, 3.05) is 13.1 Å². The second-order valence-corrected chi connectivity index (χ2v) is 11.0. The molecule has 3 N–H and O–H groups in total. The minimum Gasteiger partial charge on any atom is -0.352 e. The van der Waals surface area contributed by atoms with Gasteiger partial charge < -0.3 is 10.3 Å². The highest BCUT2D eigenvalue weighted by molar-refractivity contribution is 7.17. The van der Waals surface area contributed by atoms with Crippen LogP contribution < -0.4 is 5.32 Å². The van der Waals surface area contributed by atoms with E-state index in [1.54, 1.807) is 6.92 Å². The van der Waals surface area contributed by atoms with Crippen LogP contribution in [0, 0.1) is 5.92 Å². The summed E-state index contributed by atoms with van der Waals surface area (Å²) in [5.41, 5.74) is 8.16. The summed E-state index contributed by atoms with van der Waals surface area (Å²) in [6, 6.07) is 8.19. The number of hydrogen-bond donors (Lipinski definition) is 3. The molecule has 1 unspecified atom stereocenters. The van der Waals surface area contributed by atoms with Gasteiger partial charge in [0.25, 0.3) is 0 Å². The largest absolute Gasteiger partial charge is 0.352 e. The summed E-state index contributed by atoms with van der Waals surface area (Å²) in [6.45, 7) is 7.89. The first kappa shape index (κ1) is 24.5. The summed E-state index contributed by atoms with van der Waals surface area (Å²) in [5, 5.41) is 13.2. The van der Waals surface area contributed by atoms with Gasteiger partial charge in [-0.25, -0.2) is 4.98 Å². The summed E-state index contributed by atoms with van der Waals surface area (Å²) in [6.07, 6.45) is 12.6. The molecule has 0 amide bonds. The maximum atomic E-state index is 11.8. The molecule has 5 aromatic rings. The lowest BCUT2D eigenvalue weighted by molar-refractivity contribution is 0.102. The maximum absolute atomic E-state index is 11.8. The number of allylic oxidation sites excluding steroid dienone is 3. The molecule has 6 rings (SSSR count). The van der Waals surface area contributed by atoms with E-state index >= 15 is 0 Å². The summed E-state index contributed by atoms with van der Waals surface area (Å²) in [4.78, 5) is 26.3. The van der Waals surface area contributed by atoms with E-state index in [-0.39, 0.29) is 5.78 Å². The van der Waals surface area contributed by atoms with E-state index in [2.05, 4.69) is 63.6 Å². The lowest BCUT2D eigenvalue weighted by Crippen LogP contribution is -2.16. The van der Waals surface area contributed by atoms with Crippen molar-refractivity contribution in [2.24, 2.45) is 5.92 Å². The van der Waals surface area contributed by atoms with Crippen molar-refractivity contribution in [2.45, 2.75) is 33.6 Å². The van der Waals surface area contributed by atoms with Gasteiger partial charge in [0.15, 0.2) is 11.4 Å². The number of pyridine rings is 2. The molecule has 1 aliphatic rings. The van der Waals surface area contributed by atoms with Crippen LogP contribution in [0.5, 0.6) is 0 Å². The third kappa shape index (κ3) is 4.61. The summed E-state index contributed by atoms with van der Waals surface area (Å²) < 4.78 is 0. The minimum atomic E-state index is 0.0742. The van der Waals surface area contributed by atoms with E-state index in [9.17, 15) is 4.79 Å². The van der Waals surface area contributed by atoms with Crippen LogP contribution in [0.15, 0.2) is 60.6 Å². The molecule has 5 aromatic heterocycles. The van der Waals surface area contributed by atoms with E-state index < -0.39 is 0 Å².